The summed E-state index contributed by atoms with van der Waals surface area (Å²) >= 11 is 0. The number of alkyl halides is 13. The molecule has 186 valence electrons. The summed E-state index contributed by atoms with van der Waals surface area (Å²) in [4.78, 5) is 0. The molecule has 0 aliphatic carbocycles. The fourth-order valence-electron chi connectivity index (χ4n) is 2.58. The van der Waals surface area contributed by atoms with Gasteiger partial charge in [0.05, 0.1) is 19.1 Å². The molecule has 1 atom stereocenters. The number of hydrogen-bond acceptors (Lipinski definition) is 2. The first kappa shape index (κ1) is 28.1. The summed E-state index contributed by atoms with van der Waals surface area (Å²) in [6.45, 7) is 0.645. The van der Waals surface area contributed by atoms with E-state index in [1.54, 1.807) is 0 Å². The molecule has 1 unspecified atom stereocenters. The molecular formula is C17H15F13O2. The van der Waals surface area contributed by atoms with Gasteiger partial charge in [0.25, 0.3) is 0 Å². The predicted molar refractivity (Wildman–Crippen MR) is 82.8 cm³/mol. The quantitative estimate of drug-likeness (QED) is 0.354. The predicted octanol–water partition coefficient (Wildman–Crippen LogP) is 6.69. The highest BCUT2D eigenvalue weighted by Crippen LogP contribution is 2.61. The molecule has 0 N–H and O–H groups in total. The zero-order chi connectivity index (χ0) is 25.6. The summed E-state index contributed by atoms with van der Waals surface area (Å²) in [7, 11) is 1.76. The van der Waals surface area contributed by atoms with Crippen LogP contribution < -0.4 is 4.74 Å². The van der Waals surface area contributed by atoms with Crippen LogP contribution in [0.15, 0.2) is 24.3 Å². The largest absolute Gasteiger partial charge is 0.497 e. The maximum Gasteiger partial charge on any atom is 0.460 e. The molecule has 0 amide bonds. The molecule has 0 aliphatic heterocycles. The minimum absolute atomic E-state index is 0.0532. The first-order chi connectivity index (χ1) is 14.1. The van der Waals surface area contributed by atoms with Gasteiger partial charge in [0.2, 0.25) is 0 Å². The van der Waals surface area contributed by atoms with Crippen molar-refractivity contribution in [1.82, 2.24) is 0 Å². The van der Waals surface area contributed by atoms with Crippen molar-refractivity contribution in [3.05, 3.63) is 29.8 Å². The number of benzene rings is 1. The van der Waals surface area contributed by atoms with Gasteiger partial charge in [-0.25, -0.2) is 0 Å². The van der Waals surface area contributed by atoms with Crippen molar-refractivity contribution in [1.29, 1.82) is 0 Å². The van der Waals surface area contributed by atoms with Crippen LogP contribution >= 0.6 is 0 Å². The second-order valence-corrected chi connectivity index (χ2v) is 6.84. The lowest BCUT2D eigenvalue weighted by molar-refractivity contribution is -0.441. The molecule has 0 saturated carbocycles. The summed E-state index contributed by atoms with van der Waals surface area (Å²) in [6, 6.07) is 4.29. The Morgan fingerprint density at radius 1 is 0.688 bits per heavy atom. The van der Waals surface area contributed by atoms with Crippen LogP contribution in [0.4, 0.5) is 57.1 Å². The molecular weight excluding hydrogens is 483 g/mol. The maximum atomic E-state index is 14.3. The Morgan fingerprint density at radius 2 is 1.16 bits per heavy atom. The molecule has 0 bridgehead atoms. The Morgan fingerprint density at radius 3 is 1.56 bits per heavy atom. The third-order valence-corrected chi connectivity index (χ3v) is 4.69. The molecule has 2 nitrogen and oxygen atoms in total. The standard InChI is InChI=1S/C17H15F13O2/c1-11(32-3,9-5-4-6-10(7-9)31-2)8-12(18,19)13(20,21)14(22,23)15(24,25)16(26,27)17(28,29)30/h4-7H,8H2,1-3H3. The van der Waals surface area contributed by atoms with Gasteiger partial charge in [-0.05, 0) is 24.6 Å². The van der Waals surface area contributed by atoms with Crippen molar-refractivity contribution in [2.24, 2.45) is 0 Å². The van der Waals surface area contributed by atoms with Crippen LogP contribution in [0.5, 0.6) is 5.75 Å². The number of halogens is 13. The van der Waals surface area contributed by atoms with Crippen molar-refractivity contribution in [2.75, 3.05) is 14.2 Å². The molecule has 1 rings (SSSR count). The molecule has 0 heterocycles. The van der Waals surface area contributed by atoms with Gasteiger partial charge < -0.3 is 9.47 Å². The molecule has 0 fully saturated rings. The summed E-state index contributed by atoms with van der Waals surface area (Å²) in [6.07, 6.45) is -9.97. The monoisotopic (exact) mass is 498 g/mol. The molecule has 0 radical (unpaired) electrons. The minimum Gasteiger partial charge on any atom is -0.497 e. The summed E-state index contributed by atoms with van der Waals surface area (Å²) in [5.74, 6) is -37.2. The lowest BCUT2D eigenvalue weighted by Crippen LogP contribution is -2.70. The van der Waals surface area contributed by atoms with Crippen molar-refractivity contribution in [2.45, 2.75) is 54.7 Å². The van der Waals surface area contributed by atoms with Crippen LogP contribution in [0.3, 0.4) is 0 Å². The lowest BCUT2D eigenvalue weighted by Gasteiger charge is -2.42. The topological polar surface area (TPSA) is 18.5 Å². The van der Waals surface area contributed by atoms with Crippen LogP contribution in [0.2, 0.25) is 0 Å². The lowest BCUT2D eigenvalue weighted by atomic mass is 9.84. The van der Waals surface area contributed by atoms with E-state index in [1.165, 1.54) is 6.07 Å². The van der Waals surface area contributed by atoms with E-state index in [-0.39, 0.29) is 5.75 Å². The smallest absolute Gasteiger partial charge is 0.460 e. The van der Waals surface area contributed by atoms with Gasteiger partial charge in [-0.2, -0.15) is 57.1 Å². The Hall–Kier alpha value is -1.93. The average molecular weight is 498 g/mol. The number of methoxy groups -OCH3 is 2. The SMILES string of the molecule is COc1cccc(C(C)(CC(F)(F)C(F)(F)C(F)(F)C(F)(F)C(F)(F)C(F)(F)F)OC)c1. The average Bonchev–Trinajstić information content (AvgIpc) is 2.66. The Labute approximate surface area is 172 Å². The van der Waals surface area contributed by atoms with E-state index >= 15 is 0 Å². The molecule has 0 spiro atoms. The van der Waals surface area contributed by atoms with Crippen molar-refractivity contribution in [3.63, 3.8) is 0 Å². The van der Waals surface area contributed by atoms with E-state index in [2.05, 4.69) is 4.74 Å². The van der Waals surface area contributed by atoms with Gasteiger partial charge >= 0.3 is 35.8 Å². The van der Waals surface area contributed by atoms with E-state index in [1.807, 2.05) is 0 Å². The van der Waals surface area contributed by atoms with E-state index in [0.717, 1.165) is 25.3 Å². The van der Waals surface area contributed by atoms with E-state index < -0.39 is 53.4 Å². The van der Waals surface area contributed by atoms with Gasteiger partial charge in [-0.3, -0.25) is 0 Å². The minimum atomic E-state index is -7.94. The first-order valence-electron chi connectivity index (χ1n) is 8.21. The molecule has 0 saturated heterocycles. The van der Waals surface area contributed by atoms with Gasteiger partial charge in [0.1, 0.15) is 5.75 Å². The Balaban J connectivity index is 3.52. The highest BCUT2D eigenvalue weighted by molar-refractivity contribution is 5.32. The van der Waals surface area contributed by atoms with Gasteiger partial charge in [0, 0.05) is 7.11 Å². The van der Waals surface area contributed by atoms with Gasteiger partial charge in [-0.15, -0.1) is 0 Å². The zero-order valence-corrected chi connectivity index (χ0v) is 16.2. The second kappa shape index (κ2) is 8.13. The van der Waals surface area contributed by atoms with E-state index in [4.69, 9.17) is 4.74 Å². The van der Waals surface area contributed by atoms with Crippen molar-refractivity contribution in [3.8, 4) is 5.75 Å². The second-order valence-electron chi connectivity index (χ2n) is 6.84. The fourth-order valence-corrected chi connectivity index (χ4v) is 2.58. The number of rotatable bonds is 9. The molecule has 1 aromatic rings. The Kier molecular flexibility index (Phi) is 7.14. The first-order valence-corrected chi connectivity index (χ1v) is 8.21. The molecule has 0 aliphatic rings. The van der Waals surface area contributed by atoms with Gasteiger partial charge in [0.15, 0.2) is 0 Å². The Bertz CT molecular complexity index is 804. The van der Waals surface area contributed by atoms with Gasteiger partial charge in [-0.1, -0.05) is 12.1 Å². The summed E-state index contributed by atoms with van der Waals surface area (Å²) in [5, 5.41) is 0. The van der Waals surface area contributed by atoms with E-state index in [9.17, 15) is 57.1 Å². The van der Waals surface area contributed by atoms with Crippen LogP contribution in [-0.4, -0.2) is 50.0 Å². The maximum absolute atomic E-state index is 14.3. The summed E-state index contributed by atoms with van der Waals surface area (Å²) < 4.78 is 182. The zero-order valence-electron chi connectivity index (χ0n) is 16.2. The summed E-state index contributed by atoms with van der Waals surface area (Å²) in [5.41, 5.74) is -3.04. The van der Waals surface area contributed by atoms with Crippen molar-refractivity contribution < 1.29 is 66.5 Å². The third-order valence-electron chi connectivity index (χ3n) is 4.69. The van der Waals surface area contributed by atoms with E-state index in [0.29, 0.717) is 14.0 Å². The number of ether oxygens (including phenoxy) is 2. The highest BCUT2D eigenvalue weighted by atomic mass is 19.4. The molecule has 15 heteroatoms. The molecule has 0 aromatic heterocycles. The normalized spacial score (nSPS) is 16.6. The van der Waals surface area contributed by atoms with Crippen LogP contribution in [0.25, 0.3) is 0 Å². The highest BCUT2D eigenvalue weighted by Gasteiger charge is 2.90. The van der Waals surface area contributed by atoms with Crippen LogP contribution in [0.1, 0.15) is 18.9 Å². The number of hydrogen-bond donors (Lipinski definition) is 0. The molecule has 1 aromatic carbocycles. The molecule has 32 heavy (non-hydrogen) atoms. The van der Waals surface area contributed by atoms with Crippen molar-refractivity contribution >= 4 is 0 Å². The fraction of sp³-hybridized carbons (Fsp3) is 0.647. The van der Waals surface area contributed by atoms with Crippen LogP contribution in [0, 0.1) is 0 Å². The third kappa shape index (κ3) is 4.19. The van der Waals surface area contributed by atoms with Crippen LogP contribution in [-0.2, 0) is 10.3 Å².